The second kappa shape index (κ2) is 5.92. The molecule has 4 nitrogen and oxygen atoms in total. The lowest BCUT2D eigenvalue weighted by Crippen LogP contribution is -2.38. The van der Waals surface area contributed by atoms with Crippen molar-refractivity contribution in [2.45, 2.75) is 13.0 Å². The second-order valence-corrected chi connectivity index (χ2v) is 4.34. The van der Waals surface area contributed by atoms with Crippen molar-refractivity contribution in [3.8, 4) is 0 Å². The quantitative estimate of drug-likeness (QED) is 0.802. The van der Waals surface area contributed by atoms with Crippen LogP contribution in [0.3, 0.4) is 0 Å². The fourth-order valence-corrected chi connectivity index (χ4v) is 1.48. The predicted octanol–water partition coefficient (Wildman–Crippen LogP) is 2.23. The molecule has 0 aliphatic rings. The standard InChI is InChI=1S/C10H11BrF2N2O2/c1-5(4-16)14-10(17)15-9-7(12)2-6(11)3-8(9)13/h2-3,5,16H,4H2,1H3,(H2,14,15,17). The lowest BCUT2D eigenvalue weighted by Gasteiger charge is -2.13. The van der Waals surface area contributed by atoms with Crippen LogP contribution in [0, 0.1) is 11.6 Å². The van der Waals surface area contributed by atoms with Gasteiger partial charge in [-0.15, -0.1) is 0 Å². The van der Waals surface area contributed by atoms with Crippen LogP contribution in [-0.4, -0.2) is 23.8 Å². The largest absolute Gasteiger partial charge is 0.394 e. The summed E-state index contributed by atoms with van der Waals surface area (Å²) in [4.78, 5) is 11.3. The van der Waals surface area contributed by atoms with E-state index in [0.717, 1.165) is 12.1 Å². The van der Waals surface area contributed by atoms with Gasteiger partial charge < -0.3 is 15.7 Å². The smallest absolute Gasteiger partial charge is 0.319 e. The number of nitrogens with one attached hydrogen (secondary N) is 2. The monoisotopic (exact) mass is 308 g/mol. The Hall–Kier alpha value is -1.21. The molecule has 0 bridgehead atoms. The fraction of sp³-hybridized carbons (Fsp3) is 0.300. The van der Waals surface area contributed by atoms with Crippen molar-refractivity contribution in [3.05, 3.63) is 28.2 Å². The molecule has 0 fully saturated rings. The minimum atomic E-state index is -0.885. The van der Waals surface area contributed by atoms with Gasteiger partial charge in [0.2, 0.25) is 0 Å². The van der Waals surface area contributed by atoms with Gasteiger partial charge in [0.1, 0.15) is 5.69 Å². The van der Waals surface area contributed by atoms with E-state index in [1.165, 1.54) is 0 Å². The van der Waals surface area contributed by atoms with Gasteiger partial charge in [0, 0.05) is 4.47 Å². The molecule has 0 aromatic heterocycles. The van der Waals surface area contributed by atoms with E-state index in [2.05, 4.69) is 21.2 Å². The van der Waals surface area contributed by atoms with Crippen molar-refractivity contribution in [1.82, 2.24) is 5.32 Å². The minimum Gasteiger partial charge on any atom is -0.394 e. The lowest BCUT2D eigenvalue weighted by molar-refractivity contribution is 0.229. The SMILES string of the molecule is CC(CO)NC(=O)Nc1c(F)cc(Br)cc1F. The summed E-state index contributed by atoms with van der Waals surface area (Å²) in [6.07, 6.45) is 0. The average molecular weight is 309 g/mol. The second-order valence-electron chi connectivity index (χ2n) is 3.43. The van der Waals surface area contributed by atoms with E-state index in [0.29, 0.717) is 0 Å². The van der Waals surface area contributed by atoms with E-state index >= 15 is 0 Å². The molecule has 0 radical (unpaired) electrons. The van der Waals surface area contributed by atoms with Crippen molar-refractivity contribution >= 4 is 27.6 Å². The minimum absolute atomic E-state index is 0.238. The van der Waals surface area contributed by atoms with Crippen LogP contribution < -0.4 is 10.6 Å². The number of anilines is 1. The summed E-state index contributed by atoms with van der Waals surface area (Å²) < 4.78 is 26.9. The van der Waals surface area contributed by atoms with Gasteiger partial charge in [0.05, 0.1) is 12.6 Å². The third-order valence-corrected chi connectivity index (χ3v) is 2.35. The summed E-state index contributed by atoms with van der Waals surface area (Å²) in [7, 11) is 0. The number of rotatable bonds is 3. The molecule has 0 saturated heterocycles. The molecular weight excluding hydrogens is 298 g/mol. The number of aliphatic hydroxyl groups excluding tert-OH is 1. The molecule has 0 spiro atoms. The third kappa shape index (κ3) is 3.94. The van der Waals surface area contributed by atoms with Gasteiger partial charge in [0.25, 0.3) is 0 Å². The molecule has 1 atom stereocenters. The summed E-state index contributed by atoms with van der Waals surface area (Å²) >= 11 is 2.92. The molecule has 1 aromatic carbocycles. The molecule has 3 N–H and O–H groups in total. The van der Waals surface area contributed by atoms with Crippen LogP contribution in [0.25, 0.3) is 0 Å². The first kappa shape index (κ1) is 13.9. The highest BCUT2D eigenvalue weighted by molar-refractivity contribution is 9.10. The number of carbonyl (C=O) groups excluding carboxylic acids is 1. The summed E-state index contributed by atoms with van der Waals surface area (Å²) in [5.41, 5.74) is -0.532. The van der Waals surface area contributed by atoms with Crippen LogP contribution >= 0.6 is 15.9 Å². The zero-order valence-electron chi connectivity index (χ0n) is 8.93. The van der Waals surface area contributed by atoms with Gasteiger partial charge in [-0.3, -0.25) is 0 Å². The zero-order valence-corrected chi connectivity index (χ0v) is 10.5. The van der Waals surface area contributed by atoms with Crippen molar-refractivity contribution in [2.75, 3.05) is 11.9 Å². The number of benzene rings is 1. The summed E-state index contributed by atoms with van der Waals surface area (Å²) in [6, 6.07) is 0.783. The van der Waals surface area contributed by atoms with Crippen LogP contribution in [0.1, 0.15) is 6.92 Å². The molecule has 1 unspecified atom stereocenters. The van der Waals surface area contributed by atoms with Gasteiger partial charge >= 0.3 is 6.03 Å². The summed E-state index contributed by atoms with van der Waals surface area (Å²) in [5.74, 6) is -1.77. The van der Waals surface area contributed by atoms with Gasteiger partial charge in [-0.1, -0.05) is 15.9 Å². The van der Waals surface area contributed by atoms with E-state index in [-0.39, 0.29) is 11.1 Å². The van der Waals surface area contributed by atoms with E-state index in [4.69, 9.17) is 5.11 Å². The number of hydrogen-bond donors (Lipinski definition) is 3. The molecule has 7 heteroatoms. The summed E-state index contributed by atoms with van der Waals surface area (Å²) in [5, 5.41) is 13.0. The maximum Gasteiger partial charge on any atom is 0.319 e. The predicted molar refractivity (Wildman–Crippen MR) is 62.8 cm³/mol. The van der Waals surface area contributed by atoms with Crippen LogP contribution in [0.15, 0.2) is 16.6 Å². The van der Waals surface area contributed by atoms with Gasteiger partial charge in [-0.25, -0.2) is 13.6 Å². The van der Waals surface area contributed by atoms with Crippen LogP contribution in [0.4, 0.5) is 19.3 Å². The molecule has 1 rings (SSSR count). The average Bonchev–Trinajstić information content (AvgIpc) is 2.23. The van der Waals surface area contributed by atoms with Crippen molar-refractivity contribution in [3.63, 3.8) is 0 Å². The maximum atomic E-state index is 13.3. The Morgan fingerprint density at radius 3 is 2.47 bits per heavy atom. The Balaban J connectivity index is 2.78. The highest BCUT2D eigenvalue weighted by atomic mass is 79.9. The molecule has 94 valence electrons. The van der Waals surface area contributed by atoms with E-state index in [9.17, 15) is 13.6 Å². The molecule has 0 aliphatic carbocycles. The first-order chi connectivity index (χ1) is 7.93. The maximum absolute atomic E-state index is 13.3. The van der Waals surface area contributed by atoms with E-state index < -0.39 is 29.4 Å². The van der Waals surface area contributed by atoms with Gasteiger partial charge in [0.15, 0.2) is 11.6 Å². The number of amides is 2. The Bertz CT molecular complexity index is 406. The molecule has 2 amide bonds. The number of carbonyl (C=O) groups is 1. The van der Waals surface area contributed by atoms with E-state index in [1.807, 2.05) is 5.32 Å². The Kier molecular flexibility index (Phi) is 4.83. The van der Waals surface area contributed by atoms with Crippen LogP contribution in [0.2, 0.25) is 0 Å². The molecule has 17 heavy (non-hydrogen) atoms. The number of hydrogen-bond acceptors (Lipinski definition) is 2. The first-order valence-electron chi connectivity index (χ1n) is 4.77. The lowest BCUT2D eigenvalue weighted by atomic mass is 10.3. The molecular formula is C10H11BrF2N2O2. The Morgan fingerprint density at radius 1 is 1.47 bits per heavy atom. The van der Waals surface area contributed by atoms with Crippen molar-refractivity contribution in [2.24, 2.45) is 0 Å². The zero-order chi connectivity index (χ0) is 13.0. The van der Waals surface area contributed by atoms with Crippen molar-refractivity contribution < 1.29 is 18.7 Å². The number of halogens is 3. The van der Waals surface area contributed by atoms with Gasteiger partial charge in [-0.05, 0) is 19.1 Å². The molecule has 0 aliphatic heterocycles. The van der Waals surface area contributed by atoms with Crippen LogP contribution in [-0.2, 0) is 0 Å². The Morgan fingerprint density at radius 2 is 2.00 bits per heavy atom. The van der Waals surface area contributed by atoms with E-state index in [1.54, 1.807) is 6.92 Å². The summed E-state index contributed by atoms with van der Waals surface area (Å²) in [6.45, 7) is 1.28. The molecule has 0 saturated carbocycles. The molecule has 0 heterocycles. The highest BCUT2D eigenvalue weighted by Crippen LogP contribution is 2.23. The topological polar surface area (TPSA) is 61.4 Å². The first-order valence-corrected chi connectivity index (χ1v) is 5.56. The van der Waals surface area contributed by atoms with Crippen molar-refractivity contribution in [1.29, 1.82) is 0 Å². The number of aliphatic hydroxyl groups is 1. The molecule has 1 aromatic rings. The van der Waals surface area contributed by atoms with Gasteiger partial charge in [-0.2, -0.15) is 0 Å². The highest BCUT2D eigenvalue weighted by Gasteiger charge is 2.14. The van der Waals surface area contributed by atoms with Crippen LogP contribution in [0.5, 0.6) is 0 Å². The fourth-order valence-electron chi connectivity index (χ4n) is 1.08. The number of urea groups is 1. The Labute approximate surface area is 105 Å². The normalized spacial score (nSPS) is 12.1. The third-order valence-electron chi connectivity index (χ3n) is 1.90.